The predicted molar refractivity (Wildman–Crippen MR) is 137 cm³/mol. The molecule has 202 valence electrons. The van der Waals surface area contributed by atoms with Gasteiger partial charge in [-0.05, 0) is 55.3 Å². The molecule has 0 saturated carbocycles. The summed E-state index contributed by atoms with van der Waals surface area (Å²) in [6.45, 7) is 4.57. The van der Waals surface area contributed by atoms with Crippen molar-refractivity contribution >= 4 is 17.9 Å². The Labute approximate surface area is 225 Å². The Balaban J connectivity index is 1.54. The Morgan fingerprint density at radius 1 is 0.744 bits per heavy atom. The number of unbranched alkanes of at least 4 members (excludes halogenated alkanes) is 2. The number of fused-ring (bicyclic) bond motifs is 6. The molecule has 3 aromatic rings. The van der Waals surface area contributed by atoms with Crippen LogP contribution >= 0.6 is 0 Å². The standard InChI is InChI=1S/C30H28O9/c1-3-5-15-34-38-27(31)19-11-13-23-25(17-19)36-26-18-20(28(32)39-35-16-6-4-2)12-14-24(26)30(23)22-10-8-7-9-21(22)29(33)37-30/h7-14,17-18H,3-6,15-16H2,1-2H3. The molecule has 0 unspecified atom stereocenters. The monoisotopic (exact) mass is 532 g/mol. The van der Waals surface area contributed by atoms with Crippen molar-refractivity contribution in [2.45, 2.75) is 45.1 Å². The first-order chi connectivity index (χ1) is 19.0. The van der Waals surface area contributed by atoms with E-state index >= 15 is 0 Å². The van der Waals surface area contributed by atoms with Crippen LogP contribution in [0.2, 0.25) is 0 Å². The van der Waals surface area contributed by atoms with Crippen molar-refractivity contribution in [3.8, 4) is 11.5 Å². The van der Waals surface area contributed by atoms with Crippen LogP contribution < -0.4 is 4.74 Å². The molecule has 0 saturated heterocycles. The molecule has 1 spiro atoms. The highest BCUT2D eigenvalue weighted by Crippen LogP contribution is 2.56. The van der Waals surface area contributed by atoms with Gasteiger partial charge in [0.25, 0.3) is 0 Å². The summed E-state index contributed by atoms with van der Waals surface area (Å²) in [5.74, 6) is -1.35. The van der Waals surface area contributed by atoms with Gasteiger partial charge in [0.2, 0.25) is 0 Å². The van der Waals surface area contributed by atoms with E-state index in [-0.39, 0.29) is 35.8 Å². The van der Waals surface area contributed by atoms with Gasteiger partial charge in [-0.15, -0.1) is 0 Å². The van der Waals surface area contributed by atoms with Crippen molar-refractivity contribution in [2.24, 2.45) is 0 Å². The van der Waals surface area contributed by atoms with E-state index in [0.717, 1.165) is 25.7 Å². The van der Waals surface area contributed by atoms with Crippen molar-refractivity contribution in [2.75, 3.05) is 13.2 Å². The van der Waals surface area contributed by atoms with Crippen LogP contribution in [0.4, 0.5) is 0 Å². The molecule has 2 aliphatic heterocycles. The van der Waals surface area contributed by atoms with Crippen LogP contribution in [0, 0.1) is 0 Å². The summed E-state index contributed by atoms with van der Waals surface area (Å²) in [6.07, 6.45) is 3.29. The van der Waals surface area contributed by atoms with Gasteiger partial charge in [-0.3, -0.25) is 9.78 Å². The molecular formula is C30H28O9. The van der Waals surface area contributed by atoms with Gasteiger partial charge < -0.3 is 9.47 Å². The second-order valence-corrected chi connectivity index (χ2v) is 9.23. The van der Waals surface area contributed by atoms with Gasteiger partial charge in [0, 0.05) is 16.7 Å². The summed E-state index contributed by atoms with van der Waals surface area (Å²) in [6, 6.07) is 16.5. The van der Waals surface area contributed by atoms with Gasteiger partial charge in [-0.2, -0.15) is 9.78 Å². The first-order valence-corrected chi connectivity index (χ1v) is 13.0. The lowest BCUT2D eigenvalue weighted by Crippen LogP contribution is -2.33. The average molecular weight is 533 g/mol. The molecule has 0 amide bonds. The summed E-state index contributed by atoms with van der Waals surface area (Å²) in [4.78, 5) is 58.2. The molecular weight excluding hydrogens is 504 g/mol. The molecule has 2 heterocycles. The Kier molecular flexibility index (Phi) is 7.63. The number of benzene rings is 3. The molecule has 0 atom stereocenters. The van der Waals surface area contributed by atoms with Crippen molar-refractivity contribution in [1.82, 2.24) is 0 Å². The third-order valence-corrected chi connectivity index (χ3v) is 6.62. The number of esters is 1. The van der Waals surface area contributed by atoms with E-state index in [9.17, 15) is 14.4 Å². The van der Waals surface area contributed by atoms with Crippen LogP contribution in [0.5, 0.6) is 11.5 Å². The van der Waals surface area contributed by atoms with Crippen LogP contribution in [0.3, 0.4) is 0 Å². The molecule has 0 aliphatic carbocycles. The topological polar surface area (TPSA) is 107 Å². The highest BCUT2D eigenvalue weighted by molar-refractivity contribution is 5.98. The zero-order chi connectivity index (χ0) is 27.4. The molecule has 0 bridgehead atoms. The summed E-state index contributed by atoms with van der Waals surface area (Å²) >= 11 is 0. The Hall–Kier alpha value is -4.21. The van der Waals surface area contributed by atoms with Crippen LogP contribution in [0.1, 0.15) is 87.3 Å². The predicted octanol–water partition coefficient (Wildman–Crippen LogP) is 6.03. The van der Waals surface area contributed by atoms with Crippen molar-refractivity contribution in [1.29, 1.82) is 0 Å². The molecule has 39 heavy (non-hydrogen) atoms. The zero-order valence-corrected chi connectivity index (χ0v) is 21.7. The second kappa shape index (κ2) is 11.3. The summed E-state index contributed by atoms with van der Waals surface area (Å²) in [5, 5.41) is 0. The lowest BCUT2D eigenvalue weighted by atomic mass is 9.77. The Bertz CT molecular complexity index is 1340. The first kappa shape index (κ1) is 26.4. The lowest BCUT2D eigenvalue weighted by molar-refractivity contribution is -0.241. The molecule has 5 rings (SSSR count). The second-order valence-electron chi connectivity index (χ2n) is 9.23. The minimum atomic E-state index is -1.35. The van der Waals surface area contributed by atoms with E-state index < -0.39 is 23.5 Å². The van der Waals surface area contributed by atoms with Crippen LogP contribution in [-0.4, -0.2) is 31.1 Å². The van der Waals surface area contributed by atoms with Gasteiger partial charge in [0.1, 0.15) is 11.5 Å². The van der Waals surface area contributed by atoms with Crippen LogP contribution in [-0.2, 0) is 29.9 Å². The highest BCUT2D eigenvalue weighted by Gasteiger charge is 2.53. The fraction of sp³-hybridized carbons (Fsp3) is 0.300. The van der Waals surface area contributed by atoms with Gasteiger partial charge in [0.15, 0.2) is 5.60 Å². The third kappa shape index (κ3) is 4.86. The smallest absolute Gasteiger partial charge is 0.373 e. The summed E-state index contributed by atoms with van der Waals surface area (Å²) < 4.78 is 12.3. The van der Waals surface area contributed by atoms with E-state index in [0.29, 0.717) is 22.3 Å². The number of rotatable bonds is 10. The van der Waals surface area contributed by atoms with Gasteiger partial charge in [0.05, 0.1) is 29.9 Å². The van der Waals surface area contributed by atoms with Crippen LogP contribution in [0.15, 0.2) is 60.7 Å². The molecule has 2 aliphatic rings. The number of hydrogen-bond acceptors (Lipinski definition) is 9. The number of ether oxygens (including phenoxy) is 2. The maximum atomic E-state index is 13.0. The molecule has 3 aromatic carbocycles. The Morgan fingerprint density at radius 3 is 1.82 bits per heavy atom. The molecule has 9 nitrogen and oxygen atoms in total. The van der Waals surface area contributed by atoms with Crippen molar-refractivity contribution in [3.63, 3.8) is 0 Å². The van der Waals surface area contributed by atoms with E-state index in [1.165, 1.54) is 12.1 Å². The molecule has 0 aromatic heterocycles. The fourth-order valence-electron chi connectivity index (χ4n) is 4.62. The third-order valence-electron chi connectivity index (χ3n) is 6.62. The Morgan fingerprint density at radius 2 is 1.28 bits per heavy atom. The van der Waals surface area contributed by atoms with E-state index in [1.807, 2.05) is 26.0 Å². The summed E-state index contributed by atoms with van der Waals surface area (Å²) in [7, 11) is 0. The highest BCUT2D eigenvalue weighted by atomic mass is 17.2. The van der Waals surface area contributed by atoms with Gasteiger partial charge >= 0.3 is 17.9 Å². The van der Waals surface area contributed by atoms with Crippen LogP contribution in [0.25, 0.3) is 0 Å². The van der Waals surface area contributed by atoms with Gasteiger partial charge in [-0.25, -0.2) is 14.4 Å². The quantitative estimate of drug-likeness (QED) is 0.134. The lowest BCUT2D eigenvalue weighted by Gasteiger charge is -2.36. The maximum absolute atomic E-state index is 13.0. The molecule has 0 fully saturated rings. The summed E-state index contributed by atoms with van der Waals surface area (Å²) in [5.41, 5.74) is 1.10. The molecule has 0 N–H and O–H groups in total. The van der Waals surface area contributed by atoms with Crippen molar-refractivity contribution < 1.29 is 43.4 Å². The first-order valence-electron chi connectivity index (χ1n) is 13.0. The minimum Gasteiger partial charge on any atom is -0.456 e. The van der Waals surface area contributed by atoms with E-state index in [2.05, 4.69) is 0 Å². The average Bonchev–Trinajstić information content (AvgIpc) is 3.25. The number of hydrogen-bond donors (Lipinski definition) is 0. The van der Waals surface area contributed by atoms with Crippen molar-refractivity contribution in [3.05, 3.63) is 94.0 Å². The molecule has 0 radical (unpaired) electrons. The largest absolute Gasteiger partial charge is 0.456 e. The maximum Gasteiger partial charge on any atom is 0.373 e. The fourth-order valence-corrected chi connectivity index (χ4v) is 4.62. The number of carbonyl (C=O) groups is 3. The zero-order valence-electron chi connectivity index (χ0n) is 21.7. The van der Waals surface area contributed by atoms with E-state index in [4.69, 9.17) is 29.0 Å². The minimum absolute atomic E-state index is 0.182. The number of carbonyl (C=O) groups excluding carboxylic acids is 3. The SMILES string of the molecule is CCCCOOC(=O)c1ccc2c(c1)Oc1cc(C(=O)OOCCCC)ccc1C21OC(=O)c2ccccc21. The molecule has 9 heteroatoms. The van der Waals surface area contributed by atoms with Gasteiger partial charge in [-0.1, -0.05) is 44.9 Å². The normalized spacial score (nSPS) is 14.1. The van der Waals surface area contributed by atoms with E-state index in [1.54, 1.807) is 36.4 Å².